The lowest BCUT2D eigenvalue weighted by Crippen LogP contribution is -2.28. The van der Waals surface area contributed by atoms with Gasteiger partial charge in [-0.25, -0.2) is 5.84 Å². The van der Waals surface area contributed by atoms with Gasteiger partial charge < -0.3 is 0 Å². The fourth-order valence-electron chi connectivity index (χ4n) is 0.797. The molecule has 82 valence electrons. The first kappa shape index (κ1) is 11.7. The van der Waals surface area contributed by atoms with E-state index in [1.807, 2.05) is 0 Å². The SMILES string of the molecule is NN(Cl)C(=O)c1ccc(C(F)(F)F)cn1. The number of rotatable bonds is 1. The molecule has 1 heterocycles. The second-order valence-electron chi connectivity index (χ2n) is 2.55. The molecule has 0 aliphatic carbocycles. The Balaban J connectivity index is 2.96. The van der Waals surface area contributed by atoms with Crippen LogP contribution in [-0.4, -0.2) is 15.4 Å². The first-order valence-corrected chi connectivity index (χ1v) is 3.94. The summed E-state index contributed by atoms with van der Waals surface area (Å²) in [6, 6.07) is 1.62. The summed E-state index contributed by atoms with van der Waals surface area (Å²) in [5, 5.41) is 0. The van der Waals surface area contributed by atoms with E-state index in [0.717, 1.165) is 12.1 Å². The van der Waals surface area contributed by atoms with Crippen LogP contribution in [0.1, 0.15) is 16.1 Å². The van der Waals surface area contributed by atoms with E-state index in [1.165, 1.54) is 0 Å². The van der Waals surface area contributed by atoms with Crippen LogP contribution < -0.4 is 5.84 Å². The Kier molecular flexibility index (Phi) is 3.15. The van der Waals surface area contributed by atoms with Crippen molar-refractivity contribution >= 4 is 17.7 Å². The van der Waals surface area contributed by atoms with Crippen molar-refractivity contribution in [1.29, 1.82) is 0 Å². The van der Waals surface area contributed by atoms with Crippen molar-refractivity contribution in [2.45, 2.75) is 6.18 Å². The van der Waals surface area contributed by atoms with Crippen LogP contribution in [0.15, 0.2) is 18.3 Å². The van der Waals surface area contributed by atoms with Crippen molar-refractivity contribution in [3.8, 4) is 0 Å². The molecule has 0 atom stereocenters. The fourth-order valence-corrected chi connectivity index (χ4v) is 0.884. The van der Waals surface area contributed by atoms with E-state index in [4.69, 9.17) is 17.6 Å². The van der Waals surface area contributed by atoms with Gasteiger partial charge in [-0.05, 0) is 12.1 Å². The van der Waals surface area contributed by atoms with Gasteiger partial charge in [-0.3, -0.25) is 9.78 Å². The van der Waals surface area contributed by atoms with Gasteiger partial charge in [0, 0.05) is 18.0 Å². The van der Waals surface area contributed by atoms with E-state index in [-0.39, 0.29) is 10.2 Å². The monoisotopic (exact) mass is 239 g/mol. The minimum atomic E-state index is -4.49. The number of carbonyl (C=O) groups excluding carboxylic acids is 1. The number of pyridine rings is 1. The zero-order chi connectivity index (χ0) is 11.6. The van der Waals surface area contributed by atoms with Gasteiger partial charge in [0.15, 0.2) is 0 Å². The van der Waals surface area contributed by atoms with Gasteiger partial charge in [0.25, 0.3) is 0 Å². The van der Waals surface area contributed by atoms with Gasteiger partial charge in [-0.2, -0.15) is 17.7 Å². The molecule has 2 N–H and O–H groups in total. The average molecular weight is 240 g/mol. The zero-order valence-corrected chi connectivity index (χ0v) is 7.88. The molecule has 0 aliphatic heterocycles. The van der Waals surface area contributed by atoms with Gasteiger partial charge in [0.1, 0.15) is 5.69 Å². The summed E-state index contributed by atoms with van der Waals surface area (Å²) in [6.07, 6.45) is -3.95. The molecule has 0 aromatic carbocycles. The Hall–Kier alpha value is -1.34. The highest BCUT2D eigenvalue weighted by Crippen LogP contribution is 2.28. The largest absolute Gasteiger partial charge is 0.417 e. The Labute approximate surface area is 87.5 Å². The number of aromatic nitrogens is 1. The van der Waals surface area contributed by atoms with E-state index >= 15 is 0 Å². The molecule has 8 heteroatoms. The zero-order valence-electron chi connectivity index (χ0n) is 7.12. The quantitative estimate of drug-likeness (QED) is 0.350. The number of amides is 1. The van der Waals surface area contributed by atoms with E-state index < -0.39 is 17.6 Å². The van der Waals surface area contributed by atoms with Crippen molar-refractivity contribution < 1.29 is 18.0 Å². The Morgan fingerprint density at radius 2 is 2.07 bits per heavy atom. The Morgan fingerprint density at radius 3 is 2.40 bits per heavy atom. The maximum absolute atomic E-state index is 12.1. The highest BCUT2D eigenvalue weighted by atomic mass is 35.5. The molecule has 0 unspecified atom stereocenters. The van der Waals surface area contributed by atoms with Crippen molar-refractivity contribution in [2.75, 3.05) is 0 Å². The van der Waals surface area contributed by atoms with Crippen LogP contribution >= 0.6 is 11.8 Å². The van der Waals surface area contributed by atoms with Crippen molar-refractivity contribution in [2.24, 2.45) is 5.84 Å². The smallest absolute Gasteiger partial charge is 0.264 e. The summed E-state index contributed by atoms with van der Waals surface area (Å²) in [6.45, 7) is 0. The molecule has 1 aromatic rings. The normalized spacial score (nSPS) is 11.3. The number of hydrazine groups is 1. The lowest BCUT2D eigenvalue weighted by atomic mass is 10.2. The van der Waals surface area contributed by atoms with E-state index in [0.29, 0.717) is 6.20 Å². The molecule has 0 radical (unpaired) electrons. The van der Waals surface area contributed by atoms with Crippen molar-refractivity contribution in [3.05, 3.63) is 29.6 Å². The van der Waals surface area contributed by atoms with Crippen molar-refractivity contribution in [3.63, 3.8) is 0 Å². The molecule has 0 saturated carbocycles. The predicted octanol–water partition coefficient (Wildman–Crippen LogP) is 1.57. The van der Waals surface area contributed by atoms with Crippen LogP contribution in [0.2, 0.25) is 0 Å². The number of nitrogens with zero attached hydrogens (tertiary/aromatic N) is 2. The van der Waals surface area contributed by atoms with Gasteiger partial charge in [-0.1, -0.05) is 0 Å². The number of nitrogens with two attached hydrogens (primary N) is 1. The molecule has 0 saturated heterocycles. The van der Waals surface area contributed by atoms with Gasteiger partial charge in [0.05, 0.1) is 5.56 Å². The highest BCUT2D eigenvalue weighted by Gasteiger charge is 2.31. The number of alkyl halides is 3. The van der Waals surface area contributed by atoms with E-state index in [1.54, 1.807) is 0 Å². The molecule has 0 fully saturated rings. The molecule has 0 bridgehead atoms. The fraction of sp³-hybridized carbons (Fsp3) is 0.143. The molecule has 4 nitrogen and oxygen atoms in total. The van der Waals surface area contributed by atoms with Crippen LogP contribution in [0.5, 0.6) is 0 Å². The van der Waals surface area contributed by atoms with E-state index in [2.05, 4.69) is 4.98 Å². The third kappa shape index (κ3) is 2.80. The first-order valence-electron chi connectivity index (χ1n) is 3.60. The minimum absolute atomic E-state index is 0.218. The van der Waals surface area contributed by atoms with Gasteiger partial charge >= 0.3 is 12.1 Å². The molecule has 0 spiro atoms. The standard InChI is InChI=1S/C7H5ClF3N3O/c8-14(12)6(15)5-2-1-4(3-13-5)7(9,10)11/h1-3H,12H2. The number of halogens is 4. The van der Waals surface area contributed by atoms with Crippen LogP contribution in [0.3, 0.4) is 0 Å². The topological polar surface area (TPSA) is 59.2 Å². The summed E-state index contributed by atoms with van der Waals surface area (Å²) < 4.78 is 36.5. The number of hydrogen-bond acceptors (Lipinski definition) is 3. The maximum Gasteiger partial charge on any atom is 0.417 e. The molecular formula is C7H5ClF3N3O. The lowest BCUT2D eigenvalue weighted by Gasteiger charge is -2.08. The highest BCUT2D eigenvalue weighted by molar-refractivity contribution is 6.23. The second-order valence-corrected chi connectivity index (χ2v) is 2.91. The summed E-state index contributed by atoms with van der Waals surface area (Å²) in [4.78, 5) is 14.3. The molecule has 0 aliphatic rings. The van der Waals surface area contributed by atoms with Crippen molar-refractivity contribution in [1.82, 2.24) is 9.51 Å². The molecule has 1 amide bonds. The molecule has 1 rings (SSSR count). The third-order valence-corrected chi connectivity index (χ3v) is 1.66. The van der Waals surface area contributed by atoms with Crippen LogP contribution in [0.4, 0.5) is 13.2 Å². The maximum atomic E-state index is 12.1. The summed E-state index contributed by atoms with van der Waals surface area (Å²) in [5.74, 6) is 3.99. The predicted molar refractivity (Wildman–Crippen MR) is 45.4 cm³/mol. The Bertz CT molecular complexity index is 363. The third-order valence-electron chi connectivity index (χ3n) is 1.50. The van der Waals surface area contributed by atoms with Crippen LogP contribution in [-0.2, 0) is 6.18 Å². The number of carbonyl (C=O) groups is 1. The summed E-state index contributed by atoms with van der Waals surface area (Å²) >= 11 is 5.09. The number of hydrogen-bond donors (Lipinski definition) is 1. The van der Waals surface area contributed by atoms with Crippen LogP contribution in [0, 0.1) is 0 Å². The second kappa shape index (κ2) is 4.03. The molecular weight excluding hydrogens is 235 g/mol. The first-order chi connectivity index (χ1) is 6.82. The molecule has 15 heavy (non-hydrogen) atoms. The lowest BCUT2D eigenvalue weighted by molar-refractivity contribution is -0.137. The average Bonchev–Trinajstić information content (AvgIpc) is 2.15. The van der Waals surface area contributed by atoms with Crippen LogP contribution in [0.25, 0.3) is 0 Å². The van der Waals surface area contributed by atoms with E-state index in [9.17, 15) is 18.0 Å². The summed E-state index contributed by atoms with van der Waals surface area (Å²) in [7, 11) is 0. The van der Waals surface area contributed by atoms with Gasteiger partial charge in [-0.15, -0.1) is 0 Å². The van der Waals surface area contributed by atoms with Gasteiger partial charge in [0.2, 0.25) is 0 Å². The minimum Gasteiger partial charge on any atom is -0.264 e. The summed E-state index contributed by atoms with van der Waals surface area (Å²) in [5.41, 5.74) is -1.21. The Morgan fingerprint density at radius 1 is 1.47 bits per heavy atom. The molecule has 1 aromatic heterocycles.